The molecule has 0 aliphatic carbocycles. The van der Waals surface area contributed by atoms with Crippen LogP contribution in [-0.2, 0) is 0 Å². The van der Waals surface area contributed by atoms with Crippen molar-refractivity contribution in [2.75, 3.05) is 0 Å². The highest BCUT2D eigenvalue weighted by atomic mass is 15.0. The van der Waals surface area contributed by atoms with Gasteiger partial charge in [-0.05, 0) is 72.5 Å². The van der Waals surface area contributed by atoms with E-state index in [9.17, 15) is 5.26 Å². The molecule has 2 heterocycles. The molecule has 0 fully saturated rings. The molecule has 0 saturated carbocycles. The number of nitrogens with zero attached hydrogens (tertiary/aromatic N) is 4. The molecular weight excluding hydrogens is 597 g/mol. The predicted octanol–water partition coefficient (Wildman–Crippen LogP) is 11.9. The second kappa shape index (κ2) is 11.1. The Hall–Kier alpha value is -6.88. The van der Waals surface area contributed by atoms with E-state index < -0.39 is 0 Å². The van der Waals surface area contributed by atoms with E-state index in [1.165, 1.54) is 16.3 Å². The van der Waals surface area contributed by atoms with Gasteiger partial charge in [0, 0.05) is 32.8 Å². The SMILES string of the molecule is [C-]#[N+]c1ccc2c(c1)c1ccccc1n2-c1cc(-c2ccccc2-n2c3ccccc3c3cc(C)ccc32)ccc1-c1ccccc1C#N. The maximum Gasteiger partial charge on any atom is 0.188 e. The molecule has 4 nitrogen and oxygen atoms in total. The summed E-state index contributed by atoms with van der Waals surface area (Å²) in [6.07, 6.45) is 0. The largest absolute Gasteiger partial charge is 0.309 e. The second-order valence-electron chi connectivity index (χ2n) is 12.4. The summed E-state index contributed by atoms with van der Waals surface area (Å²) in [5, 5.41) is 14.7. The second-order valence-corrected chi connectivity index (χ2v) is 12.4. The molecule has 0 amide bonds. The zero-order chi connectivity index (χ0) is 33.1. The minimum Gasteiger partial charge on any atom is -0.309 e. The van der Waals surface area contributed by atoms with Crippen molar-refractivity contribution in [2.24, 2.45) is 0 Å². The molecule has 0 saturated heterocycles. The lowest BCUT2D eigenvalue weighted by atomic mass is 9.94. The third kappa shape index (κ3) is 4.36. The Morgan fingerprint density at radius 2 is 1.10 bits per heavy atom. The molecule has 9 rings (SSSR count). The van der Waals surface area contributed by atoms with Gasteiger partial charge in [-0.3, -0.25) is 0 Å². The Labute approximate surface area is 283 Å². The van der Waals surface area contributed by atoms with Crippen LogP contribution in [0.4, 0.5) is 5.69 Å². The summed E-state index contributed by atoms with van der Waals surface area (Å²) >= 11 is 0. The van der Waals surface area contributed by atoms with E-state index in [0.717, 1.165) is 66.5 Å². The van der Waals surface area contributed by atoms with Gasteiger partial charge in [-0.2, -0.15) is 5.26 Å². The molecule has 0 aliphatic rings. The van der Waals surface area contributed by atoms with Crippen LogP contribution >= 0.6 is 0 Å². The quantitative estimate of drug-likeness (QED) is 0.180. The van der Waals surface area contributed by atoms with Gasteiger partial charge in [0.2, 0.25) is 0 Å². The smallest absolute Gasteiger partial charge is 0.188 e. The Morgan fingerprint density at radius 1 is 0.510 bits per heavy atom. The standard InChI is InChI=1S/C45H28N4/c1-29-19-23-43-38(25-29)35-14-6-9-17-41(35)48(43)40-16-8-5-13-34(40)30-20-22-37(33-12-4-3-11-31(33)28-46)45(26-30)49-42-18-10-7-15-36(42)39-27-32(47-2)21-24-44(39)49/h3-27H,1H3. The number of para-hydroxylation sites is 3. The van der Waals surface area contributed by atoms with E-state index in [-0.39, 0.29) is 0 Å². The van der Waals surface area contributed by atoms with Crippen LogP contribution in [0.3, 0.4) is 0 Å². The number of rotatable bonds is 4. The van der Waals surface area contributed by atoms with Crippen molar-refractivity contribution in [2.45, 2.75) is 6.92 Å². The molecule has 0 bridgehead atoms. The first-order valence-electron chi connectivity index (χ1n) is 16.3. The molecule has 228 valence electrons. The Kier molecular flexibility index (Phi) is 6.44. The van der Waals surface area contributed by atoms with Gasteiger partial charge in [-0.25, -0.2) is 4.85 Å². The summed E-state index contributed by atoms with van der Waals surface area (Å²) in [6, 6.07) is 55.0. The van der Waals surface area contributed by atoms with Gasteiger partial charge in [-0.15, -0.1) is 0 Å². The van der Waals surface area contributed by atoms with Gasteiger partial charge in [-0.1, -0.05) is 103 Å². The number of nitriles is 1. The lowest BCUT2D eigenvalue weighted by Crippen LogP contribution is -2.01. The van der Waals surface area contributed by atoms with Crippen molar-refractivity contribution < 1.29 is 0 Å². The maximum atomic E-state index is 10.2. The minimum absolute atomic E-state index is 0.606. The number of benzene rings is 7. The lowest BCUT2D eigenvalue weighted by molar-refractivity contribution is 1.17. The normalized spacial score (nSPS) is 11.3. The monoisotopic (exact) mass is 624 g/mol. The topological polar surface area (TPSA) is 38.0 Å². The fourth-order valence-corrected chi connectivity index (χ4v) is 7.48. The van der Waals surface area contributed by atoms with Crippen LogP contribution in [0.1, 0.15) is 11.1 Å². The van der Waals surface area contributed by atoms with Crippen molar-refractivity contribution >= 4 is 49.3 Å². The van der Waals surface area contributed by atoms with Gasteiger partial charge in [0.1, 0.15) is 0 Å². The van der Waals surface area contributed by atoms with Crippen LogP contribution in [0, 0.1) is 24.8 Å². The van der Waals surface area contributed by atoms with Gasteiger partial charge < -0.3 is 9.13 Å². The van der Waals surface area contributed by atoms with Crippen LogP contribution in [0.2, 0.25) is 0 Å². The summed E-state index contributed by atoms with van der Waals surface area (Å²) in [4.78, 5) is 3.74. The summed E-state index contributed by atoms with van der Waals surface area (Å²) in [5.74, 6) is 0. The van der Waals surface area contributed by atoms with E-state index in [0.29, 0.717) is 11.3 Å². The summed E-state index contributed by atoms with van der Waals surface area (Å²) in [6.45, 7) is 9.83. The molecule has 4 heteroatoms. The first-order valence-corrected chi connectivity index (χ1v) is 16.3. The van der Waals surface area contributed by atoms with Crippen molar-refractivity contribution in [3.63, 3.8) is 0 Å². The molecule has 0 unspecified atom stereocenters. The highest BCUT2D eigenvalue weighted by molar-refractivity contribution is 6.12. The first-order chi connectivity index (χ1) is 24.1. The lowest BCUT2D eigenvalue weighted by Gasteiger charge is -2.19. The van der Waals surface area contributed by atoms with E-state index in [1.54, 1.807) is 0 Å². The molecule has 0 radical (unpaired) electrons. The van der Waals surface area contributed by atoms with Gasteiger partial charge in [0.15, 0.2) is 5.69 Å². The molecule has 2 aromatic heterocycles. The average molecular weight is 625 g/mol. The van der Waals surface area contributed by atoms with Gasteiger partial charge in [0.25, 0.3) is 0 Å². The number of fused-ring (bicyclic) bond motifs is 6. The fraction of sp³-hybridized carbons (Fsp3) is 0.0222. The zero-order valence-electron chi connectivity index (χ0n) is 26.7. The van der Waals surface area contributed by atoms with Crippen molar-refractivity contribution in [1.29, 1.82) is 5.26 Å². The Morgan fingerprint density at radius 3 is 1.84 bits per heavy atom. The van der Waals surface area contributed by atoms with E-state index >= 15 is 0 Å². The highest BCUT2D eigenvalue weighted by Crippen LogP contribution is 2.42. The molecule has 0 N–H and O–H groups in total. The number of hydrogen-bond acceptors (Lipinski definition) is 1. The van der Waals surface area contributed by atoms with Crippen molar-refractivity contribution in [1.82, 2.24) is 9.13 Å². The summed E-state index contributed by atoms with van der Waals surface area (Å²) < 4.78 is 4.67. The van der Waals surface area contributed by atoms with E-state index in [4.69, 9.17) is 6.57 Å². The molecular formula is C45H28N4. The van der Waals surface area contributed by atoms with E-state index in [1.807, 2.05) is 48.5 Å². The zero-order valence-corrected chi connectivity index (χ0v) is 26.7. The predicted molar refractivity (Wildman–Crippen MR) is 202 cm³/mol. The fourth-order valence-electron chi connectivity index (χ4n) is 7.48. The van der Waals surface area contributed by atoms with Gasteiger partial charge in [0.05, 0.1) is 51.6 Å². The maximum absolute atomic E-state index is 10.2. The third-order valence-corrected chi connectivity index (χ3v) is 9.65. The molecule has 7 aromatic carbocycles. The molecule has 49 heavy (non-hydrogen) atoms. The van der Waals surface area contributed by atoms with Crippen molar-refractivity contribution in [3.05, 3.63) is 174 Å². The average Bonchev–Trinajstić information content (AvgIpc) is 3.66. The van der Waals surface area contributed by atoms with Crippen LogP contribution < -0.4 is 0 Å². The highest BCUT2D eigenvalue weighted by Gasteiger charge is 2.20. The molecule has 0 atom stereocenters. The van der Waals surface area contributed by atoms with Crippen LogP contribution in [0.5, 0.6) is 0 Å². The van der Waals surface area contributed by atoms with Crippen LogP contribution in [-0.4, -0.2) is 9.13 Å². The number of hydrogen-bond donors (Lipinski definition) is 0. The Balaban J connectivity index is 1.37. The first kappa shape index (κ1) is 28.4. The Bertz CT molecular complexity index is 2870. The third-order valence-electron chi connectivity index (χ3n) is 9.65. The molecule has 0 aliphatic heterocycles. The van der Waals surface area contributed by atoms with E-state index in [2.05, 4.69) is 130 Å². The number of aromatic nitrogens is 2. The van der Waals surface area contributed by atoms with Gasteiger partial charge >= 0.3 is 0 Å². The molecule has 0 spiro atoms. The summed E-state index contributed by atoms with van der Waals surface area (Å²) in [7, 11) is 0. The van der Waals surface area contributed by atoms with Crippen LogP contribution in [0.15, 0.2) is 152 Å². The summed E-state index contributed by atoms with van der Waals surface area (Å²) in [5.41, 5.74) is 12.9. The van der Waals surface area contributed by atoms with Crippen LogP contribution in [0.25, 0.3) is 82.1 Å². The number of aryl methyl sites for hydroxylation is 1. The minimum atomic E-state index is 0.606. The van der Waals surface area contributed by atoms with Crippen molar-refractivity contribution in [3.8, 4) is 39.7 Å². The molecule has 9 aromatic rings.